The average Bonchev–Trinajstić information content (AvgIpc) is 2.25. The van der Waals surface area contributed by atoms with E-state index in [1.54, 1.807) is 0 Å². The van der Waals surface area contributed by atoms with Crippen LogP contribution in [-0.4, -0.2) is 16.3 Å². The van der Waals surface area contributed by atoms with Gasteiger partial charge in [0.2, 0.25) is 0 Å². The zero-order valence-corrected chi connectivity index (χ0v) is 8.21. The number of aldehydes is 1. The Bertz CT molecular complexity index is 646. The van der Waals surface area contributed by atoms with E-state index in [1.807, 2.05) is 0 Å². The fourth-order valence-electron chi connectivity index (χ4n) is 1.52. The topological polar surface area (TPSA) is 62.8 Å². The molecule has 1 N–H and O–H groups in total. The summed E-state index contributed by atoms with van der Waals surface area (Å²) in [7, 11) is 0. The van der Waals surface area contributed by atoms with Crippen LogP contribution in [0.2, 0.25) is 0 Å². The Kier molecular flexibility index (Phi) is 2.45. The van der Waals surface area contributed by atoms with Gasteiger partial charge in [0.15, 0.2) is 6.29 Å². The third-order valence-electron chi connectivity index (χ3n) is 2.20. The summed E-state index contributed by atoms with van der Waals surface area (Å²) in [4.78, 5) is 27.0. The lowest BCUT2D eigenvalue weighted by Gasteiger charge is -2.09. The normalized spacial score (nSPS) is 11.7. The molecule has 0 aliphatic heterocycles. The van der Waals surface area contributed by atoms with Crippen molar-refractivity contribution in [3.8, 4) is 0 Å². The number of benzene rings is 1. The molecule has 88 valence electrons. The molecular formula is C10H5F3N2O2. The molecule has 0 unspecified atom stereocenters. The van der Waals surface area contributed by atoms with Gasteiger partial charge in [-0.25, -0.2) is 4.79 Å². The minimum atomic E-state index is -4.62. The summed E-state index contributed by atoms with van der Waals surface area (Å²) in [6, 6.07) is 3.25. The van der Waals surface area contributed by atoms with Crippen molar-refractivity contribution in [1.82, 2.24) is 9.97 Å². The van der Waals surface area contributed by atoms with Gasteiger partial charge >= 0.3 is 11.9 Å². The number of fused-ring (bicyclic) bond motifs is 1. The fourth-order valence-corrected chi connectivity index (χ4v) is 1.52. The highest BCUT2D eigenvalue weighted by atomic mass is 19.4. The number of aromatic nitrogens is 2. The van der Waals surface area contributed by atoms with Crippen molar-refractivity contribution in [2.45, 2.75) is 6.18 Å². The Hall–Kier alpha value is -2.18. The molecule has 0 spiro atoms. The summed E-state index contributed by atoms with van der Waals surface area (Å²) >= 11 is 0. The molecule has 0 radical (unpaired) electrons. The Morgan fingerprint density at radius 1 is 1.29 bits per heavy atom. The average molecular weight is 242 g/mol. The van der Waals surface area contributed by atoms with Gasteiger partial charge in [0.25, 0.3) is 0 Å². The Balaban J connectivity index is 2.95. The molecule has 0 aliphatic carbocycles. The zero-order valence-electron chi connectivity index (χ0n) is 8.21. The van der Waals surface area contributed by atoms with Gasteiger partial charge in [0.05, 0.1) is 16.8 Å². The van der Waals surface area contributed by atoms with Gasteiger partial charge in [-0.1, -0.05) is 12.1 Å². The van der Waals surface area contributed by atoms with Crippen LogP contribution in [0.3, 0.4) is 0 Å². The minimum Gasteiger partial charge on any atom is -0.302 e. The van der Waals surface area contributed by atoms with Crippen LogP contribution in [0.5, 0.6) is 0 Å². The Labute approximate surface area is 92.1 Å². The third-order valence-corrected chi connectivity index (χ3v) is 2.20. The van der Waals surface area contributed by atoms with Gasteiger partial charge < -0.3 is 4.98 Å². The molecule has 0 saturated carbocycles. The van der Waals surface area contributed by atoms with E-state index in [1.165, 1.54) is 6.07 Å². The smallest absolute Gasteiger partial charge is 0.302 e. The maximum Gasteiger partial charge on any atom is 0.418 e. The summed E-state index contributed by atoms with van der Waals surface area (Å²) in [5.74, 6) is 0. The Morgan fingerprint density at radius 2 is 2.00 bits per heavy atom. The van der Waals surface area contributed by atoms with Crippen molar-refractivity contribution in [3.63, 3.8) is 0 Å². The quantitative estimate of drug-likeness (QED) is 0.775. The van der Waals surface area contributed by atoms with Crippen molar-refractivity contribution in [2.75, 3.05) is 0 Å². The molecule has 17 heavy (non-hydrogen) atoms. The standard InChI is InChI=1S/C10H5F3N2O2/c11-10(12,13)6-3-1-2-5-7(4-16)14-9(17)15-8(5)6/h1-4H,(H,14,15,17). The van der Waals surface area contributed by atoms with Crippen LogP contribution in [0.15, 0.2) is 23.0 Å². The van der Waals surface area contributed by atoms with Gasteiger partial charge in [-0.05, 0) is 6.07 Å². The highest BCUT2D eigenvalue weighted by Gasteiger charge is 2.33. The van der Waals surface area contributed by atoms with Gasteiger partial charge in [-0.15, -0.1) is 0 Å². The number of nitrogens with zero attached hydrogens (tertiary/aromatic N) is 1. The lowest BCUT2D eigenvalue weighted by atomic mass is 10.1. The molecule has 1 heterocycles. The van der Waals surface area contributed by atoms with Crippen LogP contribution in [-0.2, 0) is 6.18 Å². The number of aromatic amines is 1. The van der Waals surface area contributed by atoms with Crippen molar-refractivity contribution >= 4 is 17.2 Å². The summed E-state index contributed by atoms with van der Waals surface area (Å²) in [5.41, 5.74) is -2.77. The number of carbonyl (C=O) groups is 1. The first-order valence-electron chi connectivity index (χ1n) is 4.49. The van der Waals surface area contributed by atoms with Gasteiger partial charge in [-0.3, -0.25) is 4.79 Å². The van der Waals surface area contributed by atoms with Crippen LogP contribution in [0.25, 0.3) is 10.9 Å². The lowest BCUT2D eigenvalue weighted by Crippen LogP contribution is -2.16. The second-order valence-corrected chi connectivity index (χ2v) is 3.27. The maximum atomic E-state index is 12.6. The van der Waals surface area contributed by atoms with E-state index >= 15 is 0 Å². The van der Waals surface area contributed by atoms with E-state index in [0.29, 0.717) is 0 Å². The number of rotatable bonds is 1. The van der Waals surface area contributed by atoms with Gasteiger partial charge in [-0.2, -0.15) is 18.2 Å². The number of hydrogen-bond donors (Lipinski definition) is 1. The van der Waals surface area contributed by atoms with Crippen molar-refractivity contribution in [3.05, 3.63) is 39.9 Å². The van der Waals surface area contributed by atoms with Crippen LogP contribution in [0.4, 0.5) is 13.2 Å². The number of para-hydroxylation sites is 1. The van der Waals surface area contributed by atoms with Gasteiger partial charge in [0, 0.05) is 5.39 Å². The second-order valence-electron chi connectivity index (χ2n) is 3.27. The first-order valence-corrected chi connectivity index (χ1v) is 4.49. The number of H-pyrrole nitrogens is 1. The molecule has 0 saturated heterocycles. The molecule has 0 atom stereocenters. The van der Waals surface area contributed by atoms with E-state index < -0.39 is 22.9 Å². The summed E-state index contributed by atoms with van der Waals surface area (Å²) in [5, 5.41) is -0.0329. The number of carbonyl (C=O) groups excluding carboxylic acids is 1. The Morgan fingerprint density at radius 3 is 2.59 bits per heavy atom. The molecule has 0 amide bonds. The monoisotopic (exact) mass is 242 g/mol. The van der Waals surface area contributed by atoms with Crippen LogP contribution >= 0.6 is 0 Å². The van der Waals surface area contributed by atoms with Gasteiger partial charge in [0.1, 0.15) is 0 Å². The third kappa shape index (κ3) is 1.91. The molecule has 2 aromatic rings. The molecule has 0 bridgehead atoms. The number of hydrogen-bond acceptors (Lipinski definition) is 3. The van der Waals surface area contributed by atoms with Crippen LogP contribution in [0.1, 0.15) is 16.1 Å². The number of nitrogens with one attached hydrogen (secondary N) is 1. The van der Waals surface area contributed by atoms with E-state index in [4.69, 9.17) is 0 Å². The van der Waals surface area contributed by atoms with E-state index in [2.05, 4.69) is 9.97 Å². The molecule has 7 heteroatoms. The van der Waals surface area contributed by atoms with E-state index in [9.17, 15) is 22.8 Å². The highest BCUT2D eigenvalue weighted by molar-refractivity contribution is 5.95. The van der Waals surface area contributed by atoms with Crippen LogP contribution in [0, 0.1) is 0 Å². The molecule has 0 aliphatic rings. The number of halogens is 3. The minimum absolute atomic E-state index is 0.0329. The fraction of sp³-hybridized carbons (Fsp3) is 0.100. The highest BCUT2D eigenvalue weighted by Crippen LogP contribution is 2.33. The summed E-state index contributed by atoms with van der Waals surface area (Å²) in [6.07, 6.45) is -4.34. The van der Waals surface area contributed by atoms with Crippen molar-refractivity contribution in [1.29, 1.82) is 0 Å². The molecule has 1 aromatic heterocycles. The maximum absolute atomic E-state index is 12.6. The predicted molar refractivity (Wildman–Crippen MR) is 52.8 cm³/mol. The molecule has 1 aromatic carbocycles. The van der Waals surface area contributed by atoms with Crippen molar-refractivity contribution in [2.24, 2.45) is 0 Å². The summed E-state index contributed by atoms with van der Waals surface area (Å²) in [6.45, 7) is 0. The second kappa shape index (κ2) is 3.69. The number of alkyl halides is 3. The molecule has 0 fully saturated rings. The predicted octanol–water partition coefficient (Wildman–Crippen LogP) is 1.75. The first kappa shape index (κ1) is 11.3. The lowest BCUT2D eigenvalue weighted by molar-refractivity contribution is -0.136. The largest absolute Gasteiger partial charge is 0.418 e. The van der Waals surface area contributed by atoms with Crippen LogP contribution < -0.4 is 5.69 Å². The molecular weight excluding hydrogens is 237 g/mol. The SMILES string of the molecule is O=Cc1[nH]c(=O)nc2c(C(F)(F)F)cccc12. The summed E-state index contributed by atoms with van der Waals surface area (Å²) < 4.78 is 37.9. The molecule has 2 rings (SSSR count). The van der Waals surface area contributed by atoms with E-state index in [0.717, 1.165) is 12.1 Å². The van der Waals surface area contributed by atoms with E-state index in [-0.39, 0.29) is 17.4 Å². The first-order chi connectivity index (χ1) is 7.93. The zero-order chi connectivity index (χ0) is 12.6. The molecule has 4 nitrogen and oxygen atoms in total. The van der Waals surface area contributed by atoms with Crippen molar-refractivity contribution < 1.29 is 18.0 Å².